The Hall–Kier alpha value is -1.12. The molecule has 0 saturated heterocycles. The number of aldehydes is 1. The van der Waals surface area contributed by atoms with E-state index in [1.54, 1.807) is 6.92 Å². The highest BCUT2D eigenvalue weighted by Crippen LogP contribution is 2.38. The van der Waals surface area contributed by atoms with Gasteiger partial charge in [0.2, 0.25) is 0 Å². The monoisotopic (exact) mass is 182 g/mol. The predicted octanol–water partition coefficient (Wildman–Crippen LogP) is 1.63. The zero-order chi connectivity index (χ0) is 10.1. The average molecular weight is 182 g/mol. The van der Waals surface area contributed by atoms with Gasteiger partial charge >= 0.3 is 5.97 Å². The van der Waals surface area contributed by atoms with Crippen LogP contribution < -0.4 is 0 Å². The van der Waals surface area contributed by atoms with E-state index in [1.807, 2.05) is 13.0 Å². The average Bonchev–Trinajstić information content (AvgIpc) is 2.04. The van der Waals surface area contributed by atoms with Crippen molar-refractivity contribution in [3.8, 4) is 0 Å². The second-order valence-electron chi connectivity index (χ2n) is 3.77. The molecule has 0 heterocycles. The van der Waals surface area contributed by atoms with Crippen LogP contribution in [0.5, 0.6) is 0 Å². The zero-order valence-electron chi connectivity index (χ0n) is 7.91. The standard InChI is InChI=1S/C10H14O3/c1-7-3-4-10(6-11,9(12)13)8(2)5-7/h5-6,8H,3-4H2,1-2H3,(H,12,13). The van der Waals surface area contributed by atoms with E-state index in [0.29, 0.717) is 19.1 Å². The van der Waals surface area contributed by atoms with Crippen LogP contribution in [0.4, 0.5) is 0 Å². The van der Waals surface area contributed by atoms with Crippen molar-refractivity contribution in [2.75, 3.05) is 0 Å². The maximum atomic E-state index is 11.0. The van der Waals surface area contributed by atoms with Crippen molar-refractivity contribution in [1.82, 2.24) is 0 Å². The molecule has 0 aliphatic heterocycles. The highest BCUT2D eigenvalue weighted by molar-refractivity contribution is 5.92. The molecule has 0 aromatic carbocycles. The molecule has 1 rings (SSSR count). The Morgan fingerprint density at radius 3 is 2.77 bits per heavy atom. The van der Waals surface area contributed by atoms with E-state index < -0.39 is 11.4 Å². The number of hydrogen-bond acceptors (Lipinski definition) is 2. The summed E-state index contributed by atoms with van der Waals surface area (Å²) >= 11 is 0. The smallest absolute Gasteiger partial charge is 0.317 e. The van der Waals surface area contributed by atoms with Crippen molar-refractivity contribution in [1.29, 1.82) is 0 Å². The molecule has 1 aliphatic rings. The number of carboxylic acid groups (broad SMARTS) is 1. The highest BCUT2D eigenvalue weighted by Gasteiger charge is 2.44. The lowest BCUT2D eigenvalue weighted by Gasteiger charge is -2.32. The summed E-state index contributed by atoms with van der Waals surface area (Å²) in [5.74, 6) is -1.20. The molecule has 0 saturated carbocycles. The van der Waals surface area contributed by atoms with E-state index in [1.165, 1.54) is 5.57 Å². The molecule has 0 amide bonds. The second-order valence-corrected chi connectivity index (χ2v) is 3.77. The van der Waals surface area contributed by atoms with Gasteiger partial charge in [-0.25, -0.2) is 0 Å². The van der Waals surface area contributed by atoms with E-state index >= 15 is 0 Å². The van der Waals surface area contributed by atoms with Gasteiger partial charge in [-0.05, 0) is 25.7 Å². The van der Waals surface area contributed by atoms with Gasteiger partial charge in [0.05, 0.1) is 0 Å². The van der Waals surface area contributed by atoms with Gasteiger partial charge < -0.3 is 9.90 Å². The van der Waals surface area contributed by atoms with Crippen LogP contribution in [0.25, 0.3) is 0 Å². The van der Waals surface area contributed by atoms with Crippen LogP contribution in [-0.2, 0) is 9.59 Å². The van der Waals surface area contributed by atoms with E-state index in [9.17, 15) is 9.59 Å². The van der Waals surface area contributed by atoms with Gasteiger partial charge in [-0.3, -0.25) is 4.79 Å². The predicted molar refractivity (Wildman–Crippen MR) is 48.3 cm³/mol. The first-order valence-corrected chi connectivity index (χ1v) is 4.40. The molecule has 0 bridgehead atoms. The summed E-state index contributed by atoms with van der Waals surface area (Å²) in [4.78, 5) is 21.8. The van der Waals surface area contributed by atoms with Crippen molar-refractivity contribution in [2.45, 2.75) is 26.7 Å². The summed E-state index contributed by atoms with van der Waals surface area (Å²) in [6, 6.07) is 0. The first kappa shape index (κ1) is 9.96. The van der Waals surface area contributed by atoms with Crippen molar-refractivity contribution in [2.24, 2.45) is 11.3 Å². The number of hydrogen-bond donors (Lipinski definition) is 1. The Morgan fingerprint density at radius 2 is 2.38 bits per heavy atom. The molecule has 0 fully saturated rings. The zero-order valence-corrected chi connectivity index (χ0v) is 7.91. The lowest BCUT2D eigenvalue weighted by molar-refractivity contribution is -0.154. The number of aliphatic carboxylic acids is 1. The summed E-state index contributed by atoms with van der Waals surface area (Å²) in [5, 5.41) is 8.98. The lowest BCUT2D eigenvalue weighted by atomic mass is 9.69. The van der Waals surface area contributed by atoms with Crippen LogP contribution in [0, 0.1) is 11.3 Å². The van der Waals surface area contributed by atoms with Crippen LogP contribution in [0.3, 0.4) is 0 Å². The molecule has 0 spiro atoms. The Labute approximate surface area is 77.4 Å². The van der Waals surface area contributed by atoms with Crippen molar-refractivity contribution < 1.29 is 14.7 Å². The minimum Gasteiger partial charge on any atom is -0.480 e. The van der Waals surface area contributed by atoms with Crippen LogP contribution in [0.15, 0.2) is 11.6 Å². The van der Waals surface area contributed by atoms with Crippen molar-refractivity contribution in [3.63, 3.8) is 0 Å². The van der Waals surface area contributed by atoms with Gasteiger partial charge in [0.1, 0.15) is 11.7 Å². The molecule has 1 aliphatic carbocycles. The maximum Gasteiger partial charge on any atom is 0.317 e. The van der Waals surface area contributed by atoms with E-state index in [2.05, 4.69) is 0 Å². The Bertz CT molecular complexity index is 267. The molecule has 3 nitrogen and oxygen atoms in total. The molecule has 0 radical (unpaired) electrons. The van der Waals surface area contributed by atoms with E-state index in [-0.39, 0.29) is 5.92 Å². The fourth-order valence-electron chi connectivity index (χ4n) is 1.81. The minimum absolute atomic E-state index is 0.198. The summed E-state index contributed by atoms with van der Waals surface area (Å²) in [5.41, 5.74) is -0.00861. The van der Waals surface area contributed by atoms with Gasteiger partial charge in [0.15, 0.2) is 0 Å². The number of carbonyl (C=O) groups is 2. The molecular formula is C10H14O3. The molecule has 3 heteroatoms. The molecule has 13 heavy (non-hydrogen) atoms. The van der Waals surface area contributed by atoms with Gasteiger partial charge in [0.25, 0.3) is 0 Å². The summed E-state index contributed by atoms with van der Waals surface area (Å²) in [6.07, 6.45) is 3.60. The Balaban J connectivity index is 3.03. The molecular weight excluding hydrogens is 168 g/mol. The molecule has 2 atom stereocenters. The van der Waals surface area contributed by atoms with Gasteiger partial charge in [0, 0.05) is 0 Å². The summed E-state index contributed by atoms with van der Waals surface area (Å²) in [7, 11) is 0. The quantitative estimate of drug-likeness (QED) is 0.401. The van der Waals surface area contributed by atoms with Gasteiger partial charge in [-0.1, -0.05) is 18.6 Å². The molecule has 72 valence electrons. The number of carbonyl (C=O) groups excluding carboxylic acids is 1. The number of rotatable bonds is 2. The van der Waals surface area contributed by atoms with E-state index in [4.69, 9.17) is 5.11 Å². The summed E-state index contributed by atoms with van der Waals surface area (Å²) in [6.45, 7) is 3.75. The SMILES string of the molecule is CC1=CC(C)C(C=O)(C(=O)O)CC1. The second kappa shape index (κ2) is 3.32. The third kappa shape index (κ3) is 1.50. The van der Waals surface area contributed by atoms with E-state index in [0.717, 1.165) is 0 Å². The Morgan fingerprint density at radius 1 is 1.77 bits per heavy atom. The number of allylic oxidation sites excluding steroid dienone is 2. The van der Waals surface area contributed by atoms with Crippen molar-refractivity contribution in [3.05, 3.63) is 11.6 Å². The highest BCUT2D eigenvalue weighted by atomic mass is 16.4. The van der Waals surface area contributed by atoms with Gasteiger partial charge in [-0.15, -0.1) is 0 Å². The van der Waals surface area contributed by atoms with Crippen molar-refractivity contribution >= 4 is 12.3 Å². The topological polar surface area (TPSA) is 54.4 Å². The van der Waals surface area contributed by atoms with Crippen LogP contribution in [0.1, 0.15) is 26.7 Å². The van der Waals surface area contributed by atoms with Crippen LogP contribution >= 0.6 is 0 Å². The third-order valence-corrected chi connectivity index (χ3v) is 2.89. The van der Waals surface area contributed by atoms with Crippen LogP contribution in [-0.4, -0.2) is 17.4 Å². The Kier molecular flexibility index (Phi) is 2.55. The fraction of sp³-hybridized carbons (Fsp3) is 0.600. The van der Waals surface area contributed by atoms with Crippen LogP contribution in [0.2, 0.25) is 0 Å². The minimum atomic E-state index is -1.18. The first-order chi connectivity index (χ1) is 6.03. The largest absolute Gasteiger partial charge is 0.480 e. The molecule has 1 N–H and O–H groups in total. The number of carboxylic acids is 1. The molecule has 0 aromatic rings. The first-order valence-electron chi connectivity index (χ1n) is 4.40. The third-order valence-electron chi connectivity index (χ3n) is 2.89. The molecule has 0 aromatic heterocycles. The van der Waals surface area contributed by atoms with Gasteiger partial charge in [-0.2, -0.15) is 0 Å². The maximum absolute atomic E-state index is 11.0. The fourth-order valence-corrected chi connectivity index (χ4v) is 1.81. The molecule has 2 unspecified atom stereocenters. The lowest BCUT2D eigenvalue weighted by Crippen LogP contribution is -2.40. The summed E-state index contributed by atoms with van der Waals surface area (Å²) < 4.78 is 0. The normalized spacial score (nSPS) is 33.7.